The van der Waals surface area contributed by atoms with Gasteiger partial charge in [0.2, 0.25) is 0 Å². The van der Waals surface area contributed by atoms with Gasteiger partial charge >= 0.3 is 0 Å². The first kappa shape index (κ1) is 9.87. The highest BCUT2D eigenvalue weighted by molar-refractivity contribution is 5.69. The number of nitrogen functional groups attached to an aromatic ring is 2. The van der Waals surface area contributed by atoms with Gasteiger partial charge in [0.1, 0.15) is 5.82 Å². The van der Waals surface area contributed by atoms with Gasteiger partial charge in [0.15, 0.2) is 17.7 Å². The van der Waals surface area contributed by atoms with Crippen LogP contribution in [-0.4, -0.2) is 36.1 Å². The largest absolute Gasteiger partial charge is 0.382 e. The Morgan fingerprint density at radius 2 is 2.33 bits per heavy atom. The number of ether oxygens (including phenoxy) is 1. The molecule has 0 bridgehead atoms. The number of nitrogens with one attached hydrogen (secondary N) is 2. The van der Waals surface area contributed by atoms with Gasteiger partial charge in [0, 0.05) is 13.1 Å². The number of H-pyrrole nitrogens is 1. The Morgan fingerprint density at radius 3 is 2.93 bits per heavy atom. The average molecular weight is 211 g/mol. The van der Waals surface area contributed by atoms with Crippen LogP contribution >= 0.6 is 0 Å². The molecule has 0 saturated carbocycles. The van der Waals surface area contributed by atoms with E-state index in [0.717, 1.165) is 6.54 Å². The van der Waals surface area contributed by atoms with Gasteiger partial charge in [-0.1, -0.05) is 0 Å². The standard InChI is InChI=1S/C7H13N7O/c8-6-5(7(9)14-13-6)12-11-4-3-10-1-2-15-4/h4,10H,1-3H2,(H5,8,9,13,14). The van der Waals surface area contributed by atoms with Crippen LogP contribution < -0.4 is 16.8 Å². The number of morpholine rings is 1. The highest BCUT2D eigenvalue weighted by Gasteiger charge is 2.13. The second-order valence-electron chi connectivity index (χ2n) is 3.12. The lowest BCUT2D eigenvalue weighted by Gasteiger charge is -2.18. The SMILES string of the molecule is Nc1n[nH]c(N)c1N=NC1CNCCO1. The summed E-state index contributed by atoms with van der Waals surface area (Å²) >= 11 is 0. The van der Waals surface area contributed by atoms with Crippen LogP contribution in [0.15, 0.2) is 10.2 Å². The van der Waals surface area contributed by atoms with E-state index in [-0.39, 0.29) is 12.0 Å². The van der Waals surface area contributed by atoms with E-state index in [1.54, 1.807) is 0 Å². The molecule has 2 rings (SSSR count). The highest BCUT2D eigenvalue weighted by atomic mass is 16.5. The molecule has 1 aromatic rings. The molecule has 8 heteroatoms. The molecule has 1 fully saturated rings. The molecule has 1 unspecified atom stereocenters. The normalized spacial score (nSPS) is 22.3. The summed E-state index contributed by atoms with van der Waals surface area (Å²) in [5.74, 6) is 0.542. The summed E-state index contributed by atoms with van der Waals surface area (Å²) in [5.41, 5.74) is 11.4. The van der Waals surface area contributed by atoms with Crippen LogP contribution in [-0.2, 0) is 4.74 Å². The van der Waals surface area contributed by atoms with Crippen molar-refractivity contribution in [2.45, 2.75) is 6.23 Å². The number of hydrogen-bond acceptors (Lipinski definition) is 7. The van der Waals surface area contributed by atoms with Crippen molar-refractivity contribution in [3.8, 4) is 0 Å². The molecule has 1 atom stereocenters. The first-order chi connectivity index (χ1) is 7.27. The fourth-order valence-electron chi connectivity index (χ4n) is 1.22. The number of azo groups is 1. The van der Waals surface area contributed by atoms with E-state index in [9.17, 15) is 0 Å². The summed E-state index contributed by atoms with van der Waals surface area (Å²) in [6, 6.07) is 0. The van der Waals surface area contributed by atoms with Gasteiger partial charge < -0.3 is 21.5 Å². The van der Waals surface area contributed by atoms with Gasteiger partial charge in [-0.3, -0.25) is 5.10 Å². The second-order valence-corrected chi connectivity index (χ2v) is 3.12. The third kappa shape index (κ3) is 2.22. The van der Waals surface area contributed by atoms with Crippen molar-refractivity contribution in [2.75, 3.05) is 31.2 Å². The maximum atomic E-state index is 5.55. The van der Waals surface area contributed by atoms with Crippen molar-refractivity contribution in [1.29, 1.82) is 0 Å². The van der Waals surface area contributed by atoms with Crippen LogP contribution in [0.1, 0.15) is 0 Å². The van der Waals surface area contributed by atoms with E-state index in [4.69, 9.17) is 16.2 Å². The van der Waals surface area contributed by atoms with Crippen LogP contribution in [0.5, 0.6) is 0 Å². The van der Waals surface area contributed by atoms with Crippen LogP contribution in [0.3, 0.4) is 0 Å². The monoisotopic (exact) mass is 211 g/mol. The average Bonchev–Trinajstić information content (AvgIpc) is 2.58. The van der Waals surface area contributed by atoms with E-state index in [1.165, 1.54) is 0 Å². The topological polar surface area (TPSA) is 127 Å². The van der Waals surface area contributed by atoms with E-state index < -0.39 is 0 Å². The summed E-state index contributed by atoms with van der Waals surface area (Å²) in [6.45, 7) is 2.10. The molecule has 0 radical (unpaired) electrons. The summed E-state index contributed by atoms with van der Waals surface area (Å²) in [5, 5.41) is 17.2. The van der Waals surface area contributed by atoms with Crippen molar-refractivity contribution >= 4 is 17.3 Å². The zero-order chi connectivity index (χ0) is 10.7. The third-order valence-electron chi connectivity index (χ3n) is 1.99. The Labute approximate surface area is 86.1 Å². The lowest BCUT2D eigenvalue weighted by molar-refractivity contribution is 0.0305. The lowest BCUT2D eigenvalue weighted by Crippen LogP contribution is -2.37. The van der Waals surface area contributed by atoms with Gasteiger partial charge in [0.25, 0.3) is 0 Å². The number of nitrogens with two attached hydrogens (primary N) is 2. The van der Waals surface area contributed by atoms with Crippen molar-refractivity contribution < 1.29 is 4.74 Å². The van der Waals surface area contributed by atoms with Crippen molar-refractivity contribution in [3.05, 3.63) is 0 Å². The first-order valence-electron chi connectivity index (χ1n) is 4.60. The molecule has 0 spiro atoms. The Balaban J connectivity index is 2.03. The molecule has 1 aliphatic rings. The Bertz CT molecular complexity index is 335. The van der Waals surface area contributed by atoms with Gasteiger partial charge in [-0.2, -0.15) is 10.2 Å². The molecule has 15 heavy (non-hydrogen) atoms. The fourth-order valence-corrected chi connectivity index (χ4v) is 1.22. The molecule has 0 aromatic carbocycles. The Kier molecular flexibility index (Phi) is 2.79. The van der Waals surface area contributed by atoms with Gasteiger partial charge in [-0.25, -0.2) is 0 Å². The summed E-state index contributed by atoms with van der Waals surface area (Å²) < 4.78 is 5.32. The first-order valence-corrected chi connectivity index (χ1v) is 4.60. The fraction of sp³-hybridized carbons (Fsp3) is 0.571. The minimum atomic E-state index is -0.285. The minimum Gasteiger partial charge on any atom is -0.382 e. The van der Waals surface area contributed by atoms with Crippen LogP contribution in [0.2, 0.25) is 0 Å². The molecule has 8 nitrogen and oxygen atoms in total. The summed E-state index contributed by atoms with van der Waals surface area (Å²) in [4.78, 5) is 0. The molecule has 1 saturated heterocycles. The molecule has 1 aromatic heterocycles. The van der Waals surface area contributed by atoms with E-state index in [0.29, 0.717) is 24.7 Å². The van der Waals surface area contributed by atoms with Crippen LogP contribution in [0.25, 0.3) is 0 Å². The van der Waals surface area contributed by atoms with Crippen molar-refractivity contribution in [2.24, 2.45) is 10.2 Å². The quantitative estimate of drug-likeness (QED) is 0.495. The highest BCUT2D eigenvalue weighted by Crippen LogP contribution is 2.26. The van der Waals surface area contributed by atoms with Crippen molar-refractivity contribution in [1.82, 2.24) is 15.5 Å². The minimum absolute atomic E-state index is 0.236. The number of nitrogens with zero attached hydrogens (tertiary/aromatic N) is 3. The summed E-state index contributed by atoms with van der Waals surface area (Å²) in [6.07, 6.45) is -0.285. The zero-order valence-corrected chi connectivity index (χ0v) is 8.10. The molecule has 0 aliphatic carbocycles. The molecular weight excluding hydrogens is 198 g/mol. The predicted molar refractivity (Wildman–Crippen MR) is 54.5 cm³/mol. The Morgan fingerprint density at radius 1 is 1.47 bits per heavy atom. The van der Waals surface area contributed by atoms with E-state index >= 15 is 0 Å². The lowest BCUT2D eigenvalue weighted by atomic mass is 10.4. The number of aromatic nitrogens is 2. The Hall–Kier alpha value is -1.67. The molecule has 82 valence electrons. The number of anilines is 2. The zero-order valence-electron chi connectivity index (χ0n) is 8.10. The van der Waals surface area contributed by atoms with Crippen LogP contribution in [0.4, 0.5) is 17.3 Å². The third-order valence-corrected chi connectivity index (χ3v) is 1.99. The molecular formula is C7H13N7O. The number of aromatic amines is 1. The molecule has 6 N–H and O–H groups in total. The maximum absolute atomic E-state index is 5.55. The smallest absolute Gasteiger partial charge is 0.181 e. The summed E-state index contributed by atoms with van der Waals surface area (Å²) in [7, 11) is 0. The van der Waals surface area contributed by atoms with Crippen LogP contribution in [0, 0.1) is 0 Å². The van der Waals surface area contributed by atoms with Crippen molar-refractivity contribution in [3.63, 3.8) is 0 Å². The maximum Gasteiger partial charge on any atom is 0.181 e. The van der Waals surface area contributed by atoms with E-state index in [2.05, 4.69) is 25.7 Å². The molecule has 0 amide bonds. The molecule has 1 aliphatic heterocycles. The molecule has 2 heterocycles. The predicted octanol–water partition coefficient (Wildman–Crippen LogP) is -0.396. The van der Waals surface area contributed by atoms with Gasteiger partial charge in [0.05, 0.1) is 6.61 Å². The van der Waals surface area contributed by atoms with E-state index in [1.807, 2.05) is 0 Å². The number of hydrogen-bond donors (Lipinski definition) is 4. The van der Waals surface area contributed by atoms with Gasteiger partial charge in [-0.15, -0.1) is 5.11 Å². The van der Waals surface area contributed by atoms with Gasteiger partial charge in [-0.05, 0) is 0 Å². The second kappa shape index (κ2) is 4.24. The number of rotatable bonds is 2.